The van der Waals surface area contributed by atoms with E-state index in [9.17, 15) is 13.6 Å². The smallest absolute Gasteiger partial charge is 0.325 e. The van der Waals surface area contributed by atoms with Gasteiger partial charge in [0.15, 0.2) is 11.6 Å². The van der Waals surface area contributed by atoms with Gasteiger partial charge in [0.2, 0.25) is 0 Å². The Labute approximate surface area is 129 Å². The molecule has 0 spiro atoms. The third-order valence-electron chi connectivity index (χ3n) is 3.02. The SMILES string of the molecule is O=C(O)Cn1nc(-c2ccc(F)cn2)nc1-c1ccc(F)cc1. The molecule has 23 heavy (non-hydrogen) atoms. The Morgan fingerprint density at radius 1 is 1.09 bits per heavy atom. The van der Waals surface area contributed by atoms with Gasteiger partial charge in [0, 0.05) is 5.56 Å². The topological polar surface area (TPSA) is 80.9 Å². The molecule has 0 radical (unpaired) electrons. The van der Waals surface area contributed by atoms with Crippen LogP contribution in [0.2, 0.25) is 0 Å². The summed E-state index contributed by atoms with van der Waals surface area (Å²) in [7, 11) is 0. The molecule has 0 aliphatic rings. The molecule has 0 atom stereocenters. The van der Waals surface area contributed by atoms with Crippen LogP contribution in [0.4, 0.5) is 8.78 Å². The fraction of sp³-hybridized carbons (Fsp3) is 0.0667. The molecule has 3 aromatic rings. The number of carboxylic acid groups (broad SMARTS) is 1. The molecule has 2 aromatic heterocycles. The first-order valence-corrected chi connectivity index (χ1v) is 6.57. The zero-order valence-corrected chi connectivity index (χ0v) is 11.6. The van der Waals surface area contributed by atoms with Gasteiger partial charge in [-0.25, -0.2) is 23.4 Å². The zero-order valence-electron chi connectivity index (χ0n) is 11.6. The van der Waals surface area contributed by atoms with Crippen LogP contribution in [0.3, 0.4) is 0 Å². The number of halogens is 2. The summed E-state index contributed by atoms with van der Waals surface area (Å²) in [6, 6.07) is 8.02. The van der Waals surface area contributed by atoms with E-state index in [1.807, 2.05) is 0 Å². The summed E-state index contributed by atoms with van der Waals surface area (Å²) < 4.78 is 27.2. The van der Waals surface area contributed by atoms with Gasteiger partial charge in [0.25, 0.3) is 0 Å². The molecule has 0 amide bonds. The average molecular weight is 316 g/mol. The number of rotatable bonds is 4. The number of hydrogen-bond donors (Lipinski definition) is 1. The highest BCUT2D eigenvalue weighted by Crippen LogP contribution is 2.22. The van der Waals surface area contributed by atoms with E-state index in [1.54, 1.807) is 0 Å². The number of carboxylic acids is 1. The van der Waals surface area contributed by atoms with Gasteiger partial charge in [-0.05, 0) is 36.4 Å². The number of aliphatic carboxylic acids is 1. The minimum Gasteiger partial charge on any atom is -0.480 e. The van der Waals surface area contributed by atoms with Gasteiger partial charge in [-0.1, -0.05) is 0 Å². The maximum Gasteiger partial charge on any atom is 0.325 e. The molecule has 1 aromatic carbocycles. The first-order valence-electron chi connectivity index (χ1n) is 6.57. The Balaban J connectivity index is 2.08. The summed E-state index contributed by atoms with van der Waals surface area (Å²) >= 11 is 0. The minimum absolute atomic E-state index is 0.158. The van der Waals surface area contributed by atoms with Crippen LogP contribution >= 0.6 is 0 Å². The van der Waals surface area contributed by atoms with Crippen LogP contribution in [0.5, 0.6) is 0 Å². The predicted octanol–water partition coefficient (Wildman–Crippen LogP) is 2.37. The molecule has 0 fully saturated rings. The van der Waals surface area contributed by atoms with Crippen molar-refractivity contribution in [3.05, 3.63) is 54.2 Å². The first kappa shape index (κ1) is 14.8. The largest absolute Gasteiger partial charge is 0.480 e. The van der Waals surface area contributed by atoms with E-state index < -0.39 is 24.1 Å². The number of carbonyl (C=O) groups is 1. The summed E-state index contributed by atoms with van der Waals surface area (Å²) in [6.45, 7) is -0.416. The first-order chi connectivity index (χ1) is 11.0. The second kappa shape index (κ2) is 5.91. The quantitative estimate of drug-likeness (QED) is 0.799. The lowest BCUT2D eigenvalue weighted by Crippen LogP contribution is -2.11. The number of pyridine rings is 1. The molecule has 0 unspecified atom stereocenters. The van der Waals surface area contributed by atoms with Gasteiger partial charge >= 0.3 is 5.97 Å². The van der Waals surface area contributed by atoms with Crippen molar-refractivity contribution in [3.63, 3.8) is 0 Å². The second-order valence-corrected chi connectivity index (χ2v) is 4.68. The number of aromatic nitrogens is 4. The molecule has 0 aliphatic carbocycles. The van der Waals surface area contributed by atoms with E-state index in [0.717, 1.165) is 6.20 Å². The molecule has 6 nitrogen and oxygen atoms in total. The average Bonchev–Trinajstić information content (AvgIpc) is 2.92. The van der Waals surface area contributed by atoms with Gasteiger partial charge in [-0.2, -0.15) is 0 Å². The Hall–Kier alpha value is -3.16. The fourth-order valence-electron chi connectivity index (χ4n) is 2.01. The van der Waals surface area contributed by atoms with Crippen LogP contribution in [0.25, 0.3) is 22.9 Å². The van der Waals surface area contributed by atoms with E-state index in [1.165, 1.54) is 41.1 Å². The van der Waals surface area contributed by atoms with Crippen molar-refractivity contribution in [1.29, 1.82) is 0 Å². The second-order valence-electron chi connectivity index (χ2n) is 4.68. The zero-order chi connectivity index (χ0) is 16.4. The number of hydrogen-bond acceptors (Lipinski definition) is 4. The Kier molecular flexibility index (Phi) is 3.80. The van der Waals surface area contributed by atoms with Crippen molar-refractivity contribution >= 4 is 5.97 Å². The molecule has 0 saturated heterocycles. The van der Waals surface area contributed by atoms with Crippen LogP contribution < -0.4 is 0 Å². The van der Waals surface area contributed by atoms with Crippen LogP contribution in [0, 0.1) is 11.6 Å². The highest BCUT2D eigenvalue weighted by atomic mass is 19.1. The lowest BCUT2D eigenvalue weighted by molar-refractivity contribution is -0.137. The van der Waals surface area contributed by atoms with Crippen LogP contribution in [0.1, 0.15) is 0 Å². The van der Waals surface area contributed by atoms with Crippen LogP contribution in [0.15, 0.2) is 42.6 Å². The summed E-state index contributed by atoms with van der Waals surface area (Å²) in [5, 5.41) is 13.1. The van der Waals surface area contributed by atoms with Crippen molar-refractivity contribution < 1.29 is 18.7 Å². The van der Waals surface area contributed by atoms with Gasteiger partial charge in [-0.15, -0.1) is 5.10 Å². The summed E-state index contributed by atoms with van der Waals surface area (Å²) in [5.41, 5.74) is 0.812. The number of benzene rings is 1. The van der Waals surface area contributed by atoms with Crippen molar-refractivity contribution in [1.82, 2.24) is 19.7 Å². The fourth-order valence-corrected chi connectivity index (χ4v) is 2.01. The third-order valence-corrected chi connectivity index (χ3v) is 3.02. The molecule has 0 saturated carbocycles. The summed E-state index contributed by atoms with van der Waals surface area (Å²) in [6.07, 6.45) is 1.02. The molecule has 1 N–H and O–H groups in total. The van der Waals surface area contributed by atoms with Crippen molar-refractivity contribution in [3.8, 4) is 22.9 Å². The van der Waals surface area contributed by atoms with Crippen molar-refractivity contribution in [2.24, 2.45) is 0 Å². The van der Waals surface area contributed by atoms with Crippen LogP contribution in [-0.2, 0) is 11.3 Å². The molecule has 3 rings (SSSR count). The van der Waals surface area contributed by atoms with Gasteiger partial charge in [0.05, 0.1) is 6.20 Å². The van der Waals surface area contributed by atoms with E-state index in [2.05, 4.69) is 15.1 Å². The van der Waals surface area contributed by atoms with Crippen LogP contribution in [-0.4, -0.2) is 30.8 Å². The van der Waals surface area contributed by atoms with Gasteiger partial charge < -0.3 is 5.11 Å². The lowest BCUT2D eigenvalue weighted by Gasteiger charge is -2.02. The van der Waals surface area contributed by atoms with Gasteiger partial charge in [-0.3, -0.25) is 4.79 Å². The molecule has 8 heteroatoms. The minimum atomic E-state index is -1.10. The predicted molar refractivity (Wildman–Crippen MR) is 76.2 cm³/mol. The molecular weight excluding hydrogens is 306 g/mol. The monoisotopic (exact) mass is 316 g/mol. The van der Waals surface area contributed by atoms with E-state index in [0.29, 0.717) is 11.3 Å². The molecular formula is C15H10F2N4O2. The molecule has 0 aliphatic heterocycles. The maximum absolute atomic E-state index is 13.0. The van der Waals surface area contributed by atoms with Crippen molar-refractivity contribution in [2.45, 2.75) is 6.54 Å². The Bertz CT molecular complexity index is 845. The standard InChI is InChI=1S/C15H10F2N4O2/c16-10-3-1-9(2-4-10)15-19-14(20-21(15)8-13(22)23)12-6-5-11(17)7-18-12/h1-7H,8H2,(H,22,23). The van der Waals surface area contributed by atoms with E-state index in [4.69, 9.17) is 5.11 Å². The summed E-state index contributed by atoms with van der Waals surface area (Å²) in [5.74, 6) is -1.60. The highest BCUT2D eigenvalue weighted by Gasteiger charge is 2.16. The van der Waals surface area contributed by atoms with E-state index in [-0.39, 0.29) is 11.6 Å². The molecule has 0 bridgehead atoms. The molecule has 116 valence electrons. The summed E-state index contributed by atoms with van der Waals surface area (Å²) in [4.78, 5) is 19.1. The van der Waals surface area contributed by atoms with E-state index >= 15 is 0 Å². The number of nitrogens with zero attached hydrogens (tertiary/aromatic N) is 4. The third kappa shape index (κ3) is 3.20. The van der Waals surface area contributed by atoms with Gasteiger partial charge in [0.1, 0.15) is 23.9 Å². The normalized spacial score (nSPS) is 10.7. The van der Waals surface area contributed by atoms with Crippen molar-refractivity contribution in [2.75, 3.05) is 0 Å². The molecule has 2 heterocycles. The highest BCUT2D eigenvalue weighted by molar-refractivity contribution is 5.68. The lowest BCUT2D eigenvalue weighted by atomic mass is 10.2. The maximum atomic E-state index is 13.0. The Morgan fingerprint density at radius 3 is 2.39 bits per heavy atom. The Morgan fingerprint density at radius 2 is 1.78 bits per heavy atom.